The molecule has 0 heterocycles. The number of hydrogen-bond acceptors (Lipinski definition) is 9. The van der Waals surface area contributed by atoms with Crippen LogP contribution in [0.1, 0.15) is 94.7 Å². The zero-order valence-electron chi connectivity index (χ0n) is 29.1. The van der Waals surface area contributed by atoms with E-state index in [-0.39, 0.29) is 34.7 Å². The monoisotopic (exact) mass is 665 g/mol. The fourth-order valence-corrected chi connectivity index (χ4v) is 7.13. The Labute approximate surface area is 283 Å². The molecule has 0 bridgehead atoms. The minimum atomic E-state index is -0.376. The highest BCUT2D eigenvalue weighted by Crippen LogP contribution is 2.50. The molecule has 0 spiro atoms. The Kier molecular flexibility index (Phi) is 13.1. The summed E-state index contributed by atoms with van der Waals surface area (Å²) in [6.45, 7) is 2.54. The highest BCUT2D eigenvalue weighted by Gasteiger charge is 2.35. The van der Waals surface area contributed by atoms with E-state index in [1.54, 1.807) is 33.5 Å². The Hall–Kier alpha value is -4.28. The molecule has 0 radical (unpaired) electrons. The first-order valence-electron chi connectivity index (χ1n) is 17.0. The molecule has 0 aliphatic heterocycles. The summed E-state index contributed by atoms with van der Waals surface area (Å²) < 4.78 is 22.0. The van der Waals surface area contributed by atoms with Gasteiger partial charge in [-0.25, -0.2) is 0 Å². The van der Waals surface area contributed by atoms with Gasteiger partial charge in [-0.15, -0.1) is 0 Å². The second-order valence-electron chi connectivity index (χ2n) is 12.9. The van der Waals surface area contributed by atoms with E-state index in [0.29, 0.717) is 67.3 Å². The molecule has 0 aromatic heterocycles. The predicted octanol–water partition coefficient (Wildman–Crippen LogP) is 5.47. The Morgan fingerprint density at radius 2 is 1.67 bits per heavy atom. The van der Waals surface area contributed by atoms with E-state index in [1.165, 1.54) is 14.0 Å². The minimum absolute atomic E-state index is 0.00474. The van der Waals surface area contributed by atoms with Crippen LogP contribution in [0.4, 0.5) is 5.69 Å². The van der Waals surface area contributed by atoms with Crippen LogP contribution in [0.25, 0.3) is 11.1 Å². The third-order valence-corrected chi connectivity index (χ3v) is 9.63. The molecule has 4 rings (SSSR count). The number of carbonyl (C=O) groups excluding carboxylic acids is 3. The number of ether oxygens (including phenoxy) is 4. The first-order chi connectivity index (χ1) is 23.1. The SMILES string of the molecule is COC(=O)CC1(CNC(=O)CCCCCNc2ccc3c(cc2=O)[C@@H](NC(C)=O)CCc2cc(OC)c(OC)c(OC)c2-3)CCCCC1. The quantitative estimate of drug-likeness (QED) is 0.167. The number of carbonyl (C=O) groups is 3. The first-order valence-corrected chi connectivity index (χ1v) is 17.0. The number of rotatable bonds is 15. The summed E-state index contributed by atoms with van der Waals surface area (Å²) in [7, 11) is 6.11. The molecule has 2 aliphatic rings. The van der Waals surface area contributed by atoms with Gasteiger partial charge in [0.2, 0.25) is 23.0 Å². The van der Waals surface area contributed by atoms with Crippen LogP contribution in [0.15, 0.2) is 29.1 Å². The largest absolute Gasteiger partial charge is 0.493 e. The van der Waals surface area contributed by atoms with Crippen molar-refractivity contribution in [3.8, 4) is 28.4 Å². The van der Waals surface area contributed by atoms with Gasteiger partial charge in [0.1, 0.15) is 0 Å². The molecule has 262 valence electrons. The number of amides is 2. The summed E-state index contributed by atoms with van der Waals surface area (Å²) in [5.74, 6) is 1.10. The van der Waals surface area contributed by atoms with Crippen LogP contribution in [0.5, 0.6) is 17.2 Å². The van der Waals surface area contributed by atoms with Crippen molar-refractivity contribution in [1.29, 1.82) is 0 Å². The van der Waals surface area contributed by atoms with Gasteiger partial charge >= 0.3 is 5.97 Å². The van der Waals surface area contributed by atoms with E-state index in [2.05, 4.69) is 16.0 Å². The molecule has 2 amide bonds. The molecule has 1 saturated carbocycles. The van der Waals surface area contributed by atoms with Crippen molar-refractivity contribution in [2.24, 2.45) is 5.41 Å². The van der Waals surface area contributed by atoms with Gasteiger partial charge in [0.15, 0.2) is 11.5 Å². The van der Waals surface area contributed by atoms with E-state index in [1.807, 2.05) is 12.1 Å². The third-order valence-electron chi connectivity index (χ3n) is 9.63. The smallest absolute Gasteiger partial charge is 0.306 e. The van der Waals surface area contributed by atoms with E-state index in [4.69, 9.17) is 18.9 Å². The molecule has 11 heteroatoms. The predicted molar refractivity (Wildman–Crippen MR) is 185 cm³/mol. The second kappa shape index (κ2) is 17.2. The summed E-state index contributed by atoms with van der Waals surface area (Å²) in [6.07, 6.45) is 9.41. The average Bonchev–Trinajstić information content (AvgIpc) is 3.32. The Balaban J connectivity index is 1.41. The van der Waals surface area contributed by atoms with Crippen molar-refractivity contribution < 1.29 is 33.3 Å². The molecule has 3 N–H and O–H groups in total. The van der Waals surface area contributed by atoms with Crippen molar-refractivity contribution in [2.75, 3.05) is 46.8 Å². The summed E-state index contributed by atoms with van der Waals surface area (Å²) >= 11 is 0. The molecule has 0 unspecified atom stereocenters. The lowest BCUT2D eigenvalue weighted by atomic mass is 9.71. The van der Waals surface area contributed by atoms with Crippen molar-refractivity contribution in [3.63, 3.8) is 0 Å². The van der Waals surface area contributed by atoms with Crippen molar-refractivity contribution in [1.82, 2.24) is 10.6 Å². The van der Waals surface area contributed by atoms with Crippen LogP contribution in [0.2, 0.25) is 0 Å². The summed E-state index contributed by atoms with van der Waals surface area (Å²) in [5.41, 5.74) is 3.31. The van der Waals surface area contributed by atoms with Gasteiger partial charge in [0.05, 0.1) is 46.6 Å². The molecule has 0 saturated heterocycles. The lowest BCUT2D eigenvalue weighted by molar-refractivity contribution is -0.144. The van der Waals surface area contributed by atoms with E-state index in [9.17, 15) is 19.2 Å². The normalized spacial score (nSPS) is 16.3. The molecule has 11 nitrogen and oxygen atoms in total. The van der Waals surface area contributed by atoms with Crippen LogP contribution in [-0.2, 0) is 25.5 Å². The number of esters is 1. The van der Waals surface area contributed by atoms with Gasteiger partial charge in [-0.1, -0.05) is 31.7 Å². The highest BCUT2D eigenvalue weighted by molar-refractivity contribution is 5.84. The van der Waals surface area contributed by atoms with Crippen LogP contribution >= 0.6 is 0 Å². The van der Waals surface area contributed by atoms with Gasteiger partial charge in [-0.05, 0) is 78.8 Å². The van der Waals surface area contributed by atoms with E-state index in [0.717, 1.165) is 68.1 Å². The van der Waals surface area contributed by atoms with Gasteiger partial charge in [0.25, 0.3) is 0 Å². The van der Waals surface area contributed by atoms with Crippen LogP contribution in [0.3, 0.4) is 0 Å². The van der Waals surface area contributed by atoms with Crippen LogP contribution in [0, 0.1) is 5.41 Å². The maximum absolute atomic E-state index is 13.5. The Bertz CT molecular complexity index is 1520. The number of benzene rings is 1. The molecular formula is C37H51N3O8. The minimum Gasteiger partial charge on any atom is -0.493 e. The maximum atomic E-state index is 13.5. The number of aryl methyl sites for hydroxylation is 1. The number of nitrogens with one attached hydrogen (secondary N) is 3. The number of anilines is 1. The van der Waals surface area contributed by atoms with Gasteiger partial charge in [-0.3, -0.25) is 19.2 Å². The van der Waals surface area contributed by atoms with Crippen LogP contribution in [-0.4, -0.2) is 59.3 Å². The fraction of sp³-hybridized carbons (Fsp3) is 0.568. The maximum Gasteiger partial charge on any atom is 0.306 e. The molecular weight excluding hydrogens is 614 g/mol. The zero-order valence-corrected chi connectivity index (χ0v) is 29.1. The van der Waals surface area contributed by atoms with Crippen molar-refractivity contribution >= 4 is 23.5 Å². The lowest BCUT2D eigenvalue weighted by Gasteiger charge is -2.36. The number of hydrogen-bond donors (Lipinski definition) is 3. The number of unbranched alkanes of at least 4 members (excludes halogenated alkanes) is 2. The summed E-state index contributed by atoms with van der Waals surface area (Å²) in [4.78, 5) is 50.4. The topological polar surface area (TPSA) is 141 Å². The van der Waals surface area contributed by atoms with Gasteiger partial charge in [-0.2, -0.15) is 0 Å². The zero-order chi connectivity index (χ0) is 34.7. The molecule has 1 atom stereocenters. The molecule has 1 fully saturated rings. The molecule has 2 aliphatic carbocycles. The van der Waals surface area contributed by atoms with Gasteiger partial charge in [0, 0.05) is 32.0 Å². The average molecular weight is 666 g/mol. The van der Waals surface area contributed by atoms with E-state index >= 15 is 0 Å². The summed E-state index contributed by atoms with van der Waals surface area (Å²) in [6, 6.07) is 6.83. The lowest BCUT2D eigenvalue weighted by Crippen LogP contribution is -2.40. The Morgan fingerprint density at radius 1 is 0.917 bits per heavy atom. The fourth-order valence-electron chi connectivity index (χ4n) is 7.13. The van der Waals surface area contributed by atoms with Crippen molar-refractivity contribution in [3.05, 3.63) is 45.6 Å². The number of methoxy groups -OCH3 is 4. The molecule has 48 heavy (non-hydrogen) atoms. The second-order valence-corrected chi connectivity index (χ2v) is 12.9. The van der Waals surface area contributed by atoms with E-state index < -0.39 is 0 Å². The Morgan fingerprint density at radius 3 is 2.33 bits per heavy atom. The summed E-state index contributed by atoms with van der Waals surface area (Å²) in [5, 5.41) is 9.39. The van der Waals surface area contributed by atoms with Crippen molar-refractivity contribution in [2.45, 2.75) is 90.0 Å². The van der Waals surface area contributed by atoms with Crippen LogP contribution < -0.4 is 35.6 Å². The third kappa shape index (κ3) is 8.99. The van der Waals surface area contributed by atoms with Gasteiger partial charge < -0.3 is 34.9 Å². The highest BCUT2D eigenvalue weighted by atomic mass is 16.5. The molecule has 2 aromatic rings. The standard InChI is InChI=1S/C37H51N3O8/c1-24(41)40-28-15-13-25-20-31(45-2)35(47-4)36(48-5)34(25)26-14-16-29(30(42)21-27(26)28)38-19-11-6-8-12-32(43)39-23-37(22-33(44)46-3)17-9-7-10-18-37/h14,16,20-21,28H,6-13,15,17-19,22-23H2,1-5H3,(H,38,42)(H,39,43)(H,40,41)/t28-/m0/s1. The molecule has 2 aromatic carbocycles. The number of fused-ring (bicyclic) bond motifs is 3. The first kappa shape index (κ1) is 36.6.